The highest BCUT2D eigenvalue weighted by Gasteiger charge is 2.12. The molecule has 0 bridgehead atoms. The summed E-state index contributed by atoms with van der Waals surface area (Å²) >= 11 is 5.15. The fourth-order valence-corrected chi connectivity index (χ4v) is 2.62. The van der Waals surface area contributed by atoms with E-state index in [0.29, 0.717) is 0 Å². The Labute approximate surface area is 101 Å². The Bertz CT molecular complexity index is 428. The van der Waals surface area contributed by atoms with Crippen LogP contribution in [0.5, 0.6) is 0 Å². The standard InChI is InChI=1S/C11H11BrN2S/c1-13-11(8-2-3-15-7-8)9-4-10(12)6-14-5-9/h2-7,11,13H,1H3. The molecule has 2 aromatic heterocycles. The molecule has 0 aliphatic rings. The first-order valence-electron chi connectivity index (χ1n) is 4.61. The highest BCUT2D eigenvalue weighted by Crippen LogP contribution is 2.24. The smallest absolute Gasteiger partial charge is 0.0598 e. The molecular weight excluding hydrogens is 272 g/mol. The number of pyridine rings is 1. The molecule has 2 aromatic rings. The van der Waals surface area contributed by atoms with Gasteiger partial charge in [0.1, 0.15) is 0 Å². The third-order valence-corrected chi connectivity index (χ3v) is 3.36. The van der Waals surface area contributed by atoms with Gasteiger partial charge >= 0.3 is 0 Å². The molecule has 0 amide bonds. The lowest BCUT2D eigenvalue weighted by molar-refractivity contribution is 0.690. The number of thiophene rings is 1. The second kappa shape index (κ2) is 4.88. The highest BCUT2D eigenvalue weighted by atomic mass is 79.9. The van der Waals surface area contributed by atoms with Crippen molar-refractivity contribution >= 4 is 27.3 Å². The van der Waals surface area contributed by atoms with Gasteiger partial charge in [0.05, 0.1) is 6.04 Å². The molecule has 15 heavy (non-hydrogen) atoms. The Morgan fingerprint density at radius 3 is 2.87 bits per heavy atom. The average Bonchev–Trinajstić information content (AvgIpc) is 2.72. The lowest BCUT2D eigenvalue weighted by atomic mass is 10.0. The molecule has 1 unspecified atom stereocenters. The molecular formula is C11H11BrN2S. The van der Waals surface area contributed by atoms with Crippen molar-refractivity contribution in [3.8, 4) is 0 Å². The van der Waals surface area contributed by atoms with E-state index in [9.17, 15) is 0 Å². The molecule has 4 heteroatoms. The van der Waals surface area contributed by atoms with E-state index in [-0.39, 0.29) is 6.04 Å². The van der Waals surface area contributed by atoms with Crippen LogP contribution in [0.2, 0.25) is 0 Å². The molecule has 78 valence electrons. The maximum Gasteiger partial charge on any atom is 0.0598 e. The van der Waals surface area contributed by atoms with Crippen molar-refractivity contribution in [1.82, 2.24) is 10.3 Å². The molecule has 0 radical (unpaired) electrons. The van der Waals surface area contributed by atoms with Gasteiger partial charge in [-0.25, -0.2) is 0 Å². The summed E-state index contributed by atoms with van der Waals surface area (Å²) < 4.78 is 1.01. The van der Waals surface area contributed by atoms with E-state index in [0.717, 1.165) is 4.47 Å². The highest BCUT2D eigenvalue weighted by molar-refractivity contribution is 9.10. The van der Waals surface area contributed by atoms with E-state index in [2.05, 4.69) is 49.1 Å². The molecule has 2 nitrogen and oxygen atoms in total. The molecule has 0 aliphatic carbocycles. The van der Waals surface area contributed by atoms with Crippen LogP contribution in [0.4, 0.5) is 0 Å². The van der Waals surface area contributed by atoms with Crippen molar-refractivity contribution < 1.29 is 0 Å². The van der Waals surface area contributed by atoms with Gasteiger partial charge in [0.25, 0.3) is 0 Å². The van der Waals surface area contributed by atoms with Crippen LogP contribution in [0.15, 0.2) is 39.8 Å². The molecule has 0 saturated carbocycles. The van der Waals surface area contributed by atoms with Crippen LogP contribution < -0.4 is 5.32 Å². The first kappa shape index (κ1) is 10.8. The number of hydrogen-bond donors (Lipinski definition) is 1. The fraction of sp³-hybridized carbons (Fsp3) is 0.182. The molecule has 0 saturated heterocycles. The number of halogens is 1. The first-order chi connectivity index (χ1) is 7.31. The fourth-order valence-electron chi connectivity index (χ4n) is 1.55. The maximum absolute atomic E-state index is 4.18. The summed E-state index contributed by atoms with van der Waals surface area (Å²) in [5.74, 6) is 0. The number of hydrogen-bond acceptors (Lipinski definition) is 3. The van der Waals surface area contributed by atoms with Gasteiger partial charge < -0.3 is 5.32 Å². The summed E-state index contributed by atoms with van der Waals surface area (Å²) in [4.78, 5) is 4.18. The molecule has 0 spiro atoms. The van der Waals surface area contributed by atoms with E-state index in [4.69, 9.17) is 0 Å². The summed E-state index contributed by atoms with van der Waals surface area (Å²) in [6.07, 6.45) is 3.69. The van der Waals surface area contributed by atoms with E-state index in [1.807, 2.05) is 13.2 Å². The Morgan fingerprint density at radius 2 is 2.27 bits per heavy atom. The van der Waals surface area contributed by atoms with Crippen LogP contribution in [0.25, 0.3) is 0 Å². The summed E-state index contributed by atoms with van der Waals surface area (Å²) in [6, 6.07) is 4.44. The Kier molecular flexibility index (Phi) is 3.51. The van der Waals surface area contributed by atoms with Crippen LogP contribution in [0, 0.1) is 0 Å². The van der Waals surface area contributed by atoms with Crippen LogP contribution >= 0.6 is 27.3 Å². The van der Waals surface area contributed by atoms with Crippen LogP contribution in [0.1, 0.15) is 17.2 Å². The van der Waals surface area contributed by atoms with Crippen LogP contribution in [-0.4, -0.2) is 12.0 Å². The Balaban J connectivity index is 2.35. The van der Waals surface area contributed by atoms with Gasteiger partial charge in [-0.1, -0.05) is 0 Å². The monoisotopic (exact) mass is 282 g/mol. The van der Waals surface area contributed by atoms with Gasteiger partial charge in [0.15, 0.2) is 0 Å². The molecule has 0 fully saturated rings. The van der Waals surface area contributed by atoms with Crippen molar-refractivity contribution in [2.75, 3.05) is 7.05 Å². The molecule has 1 N–H and O–H groups in total. The van der Waals surface area contributed by atoms with Gasteiger partial charge in [-0.3, -0.25) is 4.98 Å². The largest absolute Gasteiger partial charge is 0.309 e. The third kappa shape index (κ3) is 2.45. The predicted octanol–water partition coefficient (Wildman–Crippen LogP) is 3.21. The number of aromatic nitrogens is 1. The van der Waals surface area contributed by atoms with Gasteiger partial charge in [-0.05, 0) is 57.0 Å². The van der Waals surface area contributed by atoms with Crippen molar-refractivity contribution in [3.63, 3.8) is 0 Å². The van der Waals surface area contributed by atoms with E-state index < -0.39 is 0 Å². The van der Waals surface area contributed by atoms with E-state index in [1.165, 1.54) is 11.1 Å². The maximum atomic E-state index is 4.18. The van der Waals surface area contributed by atoms with E-state index >= 15 is 0 Å². The first-order valence-corrected chi connectivity index (χ1v) is 6.34. The average molecular weight is 283 g/mol. The lowest BCUT2D eigenvalue weighted by Gasteiger charge is -2.15. The van der Waals surface area contributed by atoms with Gasteiger partial charge in [0, 0.05) is 16.9 Å². The lowest BCUT2D eigenvalue weighted by Crippen LogP contribution is -2.17. The minimum absolute atomic E-state index is 0.223. The second-order valence-electron chi connectivity index (χ2n) is 3.21. The van der Waals surface area contributed by atoms with Crippen molar-refractivity contribution in [3.05, 3.63) is 50.9 Å². The number of nitrogens with one attached hydrogen (secondary N) is 1. The topological polar surface area (TPSA) is 24.9 Å². The number of nitrogens with zero attached hydrogens (tertiary/aromatic N) is 1. The van der Waals surface area contributed by atoms with Crippen molar-refractivity contribution in [1.29, 1.82) is 0 Å². The number of rotatable bonds is 3. The molecule has 0 aliphatic heterocycles. The molecule has 1 atom stereocenters. The van der Waals surface area contributed by atoms with Gasteiger partial charge in [-0.2, -0.15) is 11.3 Å². The summed E-state index contributed by atoms with van der Waals surface area (Å²) in [7, 11) is 1.96. The Hall–Kier alpha value is -0.710. The summed E-state index contributed by atoms with van der Waals surface area (Å²) in [5, 5.41) is 7.54. The third-order valence-electron chi connectivity index (χ3n) is 2.22. The SMILES string of the molecule is CNC(c1ccsc1)c1cncc(Br)c1. The zero-order valence-electron chi connectivity index (χ0n) is 8.27. The zero-order valence-corrected chi connectivity index (χ0v) is 10.7. The summed E-state index contributed by atoms with van der Waals surface area (Å²) in [5.41, 5.74) is 2.45. The van der Waals surface area contributed by atoms with Gasteiger partial charge in [0.2, 0.25) is 0 Å². The van der Waals surface area contributed by atoms with Crippen LogP contribution in [-0.2, 0) is 0 Å². The summed E-state index contributed by atoms with van der Waals surface area (Å²) in [6.45, 7) is 0. The normalized spacial score (nSPS) is 12.7. The van der Waals surface area contributed by atoms with Crippen molar-refractivity contribution in [2.45, 2.75) is 6.04 Å². The molecule has 0 aromatic carbocycles. The van der Waals surface area contributed by atoms with Crippen molar-refractivity contribution in [2.24, 2.45) is 0 Å². The minimum atomic E-state index is 0.223. The molecule has 2 heterocycles. The Morgan fingerprint density at radius 1 is 1.40 bits per heavy atom. The zero-order chi connectivity index (χ0) is 10.7. The van der Waals surface area contributed by atoms with E-state index in [1.54, 1.807) is 17.5 Å². The molecule has 2 rings (SSSR count). The predicted molar refractivity (Wildman–Crippen MR) is 67.2 cm³/mol. The quantitative estimate of drug-likeness (QED) is 0.935. The second-order valence-corrected chi connectivity index (χ2v) is 4.91. The van der Waals surface area contributed by atoms with Crippen LogP contribution in [0.3, 0.4) is 0 Å². The van der Waals surface area contributed by atoms with Gasteiger partial charge in [-0.15, -0.1) is 0 Å². The minimum Gasteiger partial charge on any atom is -0.309 e.